The van der Waals surface area contributed by atoms with Gasteiger partial charge in [0.1, 0.15) is 5.00 Å². The second kappa shape index (κ2) is 8.46. The van der Waals surface area contributed by atoms with Crippen molar-refractivity contribution in [3.05, 3.63) is 59.7 Å². The van der Waals surface area contributed by atoms with Crippen LogP contribution < -0.4 is 9.79 Å². The Balaban J connectivity index is 1.74. The van der Waals surface area contributed by atoms with Gasteiger partial charge in [-0.15, -0.1) is 15.7 Å². The first-order valence-electron chi connectivity index (χ1n) is 9.18. The number of hydrogen-bond acceptors (Lipinski definition) is 6. The maximum atomic E-state index is 13.4. The number of anilines is 1. The number of halogens is 3. The fraction of sp³-hybridized carbons (Fsp3) is 0.211. The zero-order chi connectivity index (χ0) is 23.1. The average molecular weight is 504 g/mol. The quantitative estimate of drug-likeness (QED) is 0.544. The number of nitrogens with one attached hydrogen (secondary N) is 1. The fourth-order valence-corrected chi connectivity index (χ4v) is 6.62. The van der Waals surface area contributed by atoms with E-state index in [-0.39, 0.29) is 15.7 Å². The predicted molar refractivity (Wildman–Crippen MR) is 117 cm³/mol. The van der Waals surface area contributed by atoms with Crippen LogP contribution in [0.25, 0.3) is 10.1 Å². The molecule has 1 aromatic heterocycles. The summed E-state index contributed by atoms with van der Waals surface area (Å²) in [5, 5.41) is 1.03. The lowest BCUT2D eigenvalue weighted by Crippen LogP contribution is -2.34. The van der Waals surface area contributed by atoms with Crippen molar-refractivity contribution in [3.8, 4) is 0 Å². The number of hydrogen-bond donors (Lipinski definition) is 1. The number of fused-ring (bicyclic) bond motifs is 1. The van der Waals surface area contributed by atoms with Crippen molar-refractivity contribution in [1.82, 2.24) is 5.48 Å². The van der Waals surface area contributed by atoms with Gasteiger partial charge < -0.3 is 0 Å². The van der Waals surface area contributed by atoms with E-state index in [1.807, 2.05) is 0 Å². The summed E-state index contributed by atoms with van der Waals surface area (Å²) in [6.45, 7) is 0.944. The summed E-state index contributed by atoms with van der Waals surface area (Å²) in [4.78, 5) is -0.180. The summed E-state index contributed by atoms with van der Waals surface area (Å²) in [7, 11) is -4.31. The van der Waals surface area contributed by atoms with E-state index in [1.165, 1.54) is 24.3 Å². The molecular weight excluding hydrogens is 487 g/mol. The second-order valence-corrected chi connectivity index (χ2v) is 10.5. The van der Waals surface area contributed by atoms with Gasteiger partial charge in [-0.25, -0.2) is 18.1 Å². The molecule has 0 amide bonds. The van der Waals surface area contributed by atoms with E-state index in [0.717, 1.165) is 25.7 Å². The van der Waals surface area contributed by atoms with Gasteiger partial charge in [0.2, 0.25) is 0 Å². The highest BCUT2D eigenvalue weighted by molar-refractivity contribution is 7.93. The third-order valence-electron chi connectivity index (χ3n) is 4.73. The van der Waals surface area contributed by atoms with Gasteiger partial charge in [0, 0.05) is 16.8 Å². The number of rotatable bonds is 6. The van der Waals surface area contributed by atoms with Crippen molar-refractivity contribution in [2.45, 2.75) is 24.4 Å². The molecule has 1 aliphatic heterocycles. The number of thiophene rings is 1. The number of hydroxylamine groups is 1. The summed E-state index contributed by atoms with van der Waals surface area (Å²) >= 11 is -0.757. The van der Waals surface area contributed by atoms with Crippen LogP contribution in [-0.4, -0.2) is 31.2 Å². The number of aryl methyl sites for hydroxylation is 1. The van der Waals surface area contributed by atoms with Crippen molar-refractivity contribution in [1.29, 1.82) is 0 Å². The molecule has 0 bridgehead atoms. The van der Waals surface area contributed by atoms with Crippen molar-refractivity contribution in [2.75, 3.05) is 10.8 Å². The van der Waals surface area contributed by atoms with E-state index in [1.54, 1.807) is 31.2 Å². The Hall–Kier alpha value is -2.48. The van der Waals surface area contributed by atoms with Crippen molar-refractivity contribution >= 4 is 53.5 Å². The minimum atomic E-state index is -4.52. The summed E-state index contributed by atoms with van der Waals surface area (Å²) in [6, 6.07) is 12.5. The first-order chi connectivity index (χ1) is 15.1. The fourth-order valence-electron chi connectivity index (χ4n) is 3.17. The molecule has 7 nitrogen and oxygen atoms in total. The van der Waals surface area contributed by atoms with Gasteiger partial charge >= 0.3 is 17.4 Å². The number of sulfonamides is 1. The van der Waals surface area contributed by atoms with Crippen LogP contribution in [0.1, 0.15) is 17.5 Å². The maximum absolute atomic E-state index is 13.4. The lowest BCUT2D eigenvalue weighted by molar-refractivity contribution is -0.131. The molecule has 2 aromatic carbocycles. The van der Waals surface area contributed by atoms with Crippen LogP contribution in [0.5, 0.6) is 0 Å². The minimum absolute atomic E-state index is 0.154. The zero-order valence-electron chi connectivity index (χ0n) is 16.4. The third-order valence-corrected chi connectivity index (χ3v) is 8.52. The van der Waals surface area contributed by atoms with Gasteiger partial charge in [0.25, 0.3) is 10.0 Å². The van der Waals surface area contributed by atoms with Gasteiger partial charge in [-0.2, -0.15) is 17.5 Å². The second-order valence-electron chi connectivity index (χ2n) is 6.84. The molecule has 1 aliphatic rings. The van der Waals surface area contributed by atoms with Crippen LogP contribution >= 0.6 is 11.3 Å². The SMILES string of the molecule is Cc1c(N(CCC(F)(F)F)S(=O)(=O)c2ccc(C3=NS(=O)ON3)cc2)sc2ccccc12. The van der Waals surface area contributed by atoms with Gasteiger partial charge in [-0.1, -0.05) is 18.2 Å². The summed E-state index contributed by atoms with van der Waals surface area (Å²) in [6.07, 6.45) is -5.81. The summed E-state index contributed by atoms with van der Waals surface area (Å²) in [5.74, 6) is 0.154. The van der Waals surface area contributed by atoms with Crippen LogP contribution in [0, 0.1) is 6.92 Å². The van der Waals surface area contributed by atoms with E-state index in [4.69, 9.17) is 0 Å². The third kappa shape index (κ3) is 4.51. The molecule has 32 heavy (non-hydrogen) atoms. The molecule has 3 aromatic rings. The Bertz CT molecular complexity index is 1320. The molecule has 0 aliphatic carbocycles. The molecule has 4 rings (SSSR count). The van der Waals surface area contributed by atoms with Crippen LogP contribution in [0.4, 0.5) is 18.2 Å². The lowest BCUT2D eigenvalue weighted by atomic mass is 10.2. The molecule has 0 saturated carbocycles. The first-order valence-corrected chi connectivity index (χ1v) is 12.5. The molecule has 1 unspecified atom stereocenters. The van der Waals surface area contributed by atoms with E-state index < -0.39 is 40.4 Å². The number of nitrogens with zero attached hydrogens (tertiary/aromatic N) is 2. The van der Waals surface area contributed by atoms with Gasteiger partial charge in [0.05, 0.1) is 11.3 Å². The normalized spacial score (nSPS) is 16.8. The van der Waals surface area contributed by atoms with Crippen LogP contribution in [0.2, 0.25) is 0 Å². The molecule has 1 atom stereocenters. The molecule has 0 radical (unpaired) electrons. The highest BCUT2D eigenvalue weighted by atomic mass is 32.2. The average Bonchev–Trinajstić information content (AvgIpc) is 3.31. The van der Waals surface area contributed by atoms with E-state index >= 15 is 0 Å². The Labute approximate surface area is 188 Å². The van der Waals surface area contributed by atoms with Gasteiger partial charge in [-0.3, -0.25) is 4.31 Å². The van der Waals surface area contributed by atoms with Gasteiger partial charge in [0.15, 0.2) is 5.84 Å². The lowest BCUT2D eigenvalue weighted by Gasteiger charge is -2.24. The van der Waals surface area contributed by atoms with E-state index in [0.29, 0.717) is 11.1 Å². The molecule has 13 heteroatoms. The Morgan fingerprint density at radius 1 is 1.16 bits per heavy atom. The molecule has 0 fully saturated rings. The number of alkyl halides is 3. The first kappa shape index (κ1) is 22.7. The monoisotopic (exact) mass is 503 g/mol. The molecule has 0 spiro atoms. The highest BCUT2D eigenvalue weighted by Gasteiger charge is 2.34. The number of amidine groups is 1. The van der Waals surface area contributed by atoms with Crippen molar-refractivity contribution in [3.63, 3.8) is 0 Å². The summed E-state index contributed by atoms with van der Waals surface area (Å²) < 4.78 is 87.0. The van der Waals surface area contributed by atoms with E-state index in [2.05, 4.69) is 14.2 Å². The minimum Gasteiger partial charge on any atom is -0.256 e. The molecule has 170 valence electrons. The van der Waals surface area contributed by atoms with Crippen molar-refractivity contribution in [2.24, 2.45) is 4.40 Å². The Kier molecular flexibility index (Phi) is 6.00. The Morgan fingerprint density at radius 3 is 2.44 bits per heavy atom. The van der Waals surface area contributed by atoms with Crippen molar-refractivity contribution < 1.29 is 30.1 Å². The van der Waals surface area contributed by atoms with Crippen LogP contribution in [0.3, 0.4) is 0 Å². The standard InChI is InChI=1S/C19H16F3N3O4S3/c1-12-15-4-2-3-5-16(15)30-18(12)25(11-10-19(20,21)22)32(27,28)14-8-6-13(7-9-14)17-23-29-31(26)24-17/h2-9H,10-11H2,1H3,(H,23,24). The molecule has 1 N–H and O–H groups in total. The largest absolute Gasteiger partial charge is 0.390 e. The van der Waals surface area contributed by atoms with E-state index in [9.17, 15) is 25.8 Å². The smallest absolute Gasteiger partial charge is 0.256 e. The Morgan fingerprint density at radius 2 is 1.84 bits per heavy atom. The maximum Gasteiger partial charge on any atom is 0.390 e. The van der Waals surface area contributed by atoms with Crippen LogP contribution in [-0.2, 0) is 25.6 Å². The topological polar surface area (TPSA) is 88.1 Å². The summed E-state index contributed by atoms with van der Waals surface area (Å²) in [5.41, 5.74) is 3.36. The number of benzene rings is 2. The predicted octanol–water partition coefficient (Wildman–Crippen LogP) is 4.22. The van der Waals surface area contributed by atoms with Gasteiger partial charge in [-0.05, 0) is 48.2 Å². The molecule has 2 heterocycles. The highest BCUT2D eigenvalue weighted by Crippen LogP contribution is 2.40. The molecular formula is C19H16F3N3O4S3. The molecule has 0 saturated heterocycles. The van der Waals surface area contributed by atoms with Crippen LogP contribution in [0.15, 0.2) is 57.8 Å². The zero-order valence-corrected chi connectivity index (χ0v) is 18.9.